The molecule has 1 atom stereocenters. The van der Waals surface area contributed by atoms with Gasteiger partial charge < -0.3 is 14.2 Å². The predicted molar refractivity (Wildman–Crippen MR) is 243 cm³/mol. The summed E-state index contributed by atoms with van der Waals surface area (Å²) >= 11 is 0. The van der Waals surface area contributed by atoms with E-state index in [1.54, 1.807) is 0 Å². The maximum Gasteiger partial charge on any atom is 0.306 e. The monoisotopic (exact) mass is 807 g/mol. The van der Waals surface area contributed by atoms with Gasteiger partial charge in [-0.2, -0.15) is 0 Å². The summed E-state index contributed by atoms with van der Waals surface area (Å²) in [5.74, 6) is -0.850. The van der Waals surface area contributed by atoms with Gasteiger partial charge in [0.25, 0.3) is 0 Å². The van der Waals surface area contributed by atoms with Gasteiger partial charge in [-0.05, 0) is 19.3 Å². The highest BCUT2D eigenvalue weighted by atomic mass is 16.6. The Kier molecular flexibility index (Phi) is 45.8. The van der Waals surface area contributed by atoms with Crippen molar-refractivity contribution in [2.75, 3.05) is 13.2 Å². The van der Waals surface area contributed by atoms with Crippen LogP contribution >= 0.6 is 0 Å². The summed E-state index contributed by atoms with van der Waals surface area (Å²) in [6.07, 6.45) is 49.6. The van der Waals surface area contributed by atoms with Gasteiger partial charge in [-0.1, -0.05) is 252 Å². The molecule has 0 saturated carbocycles. The average molecular weight is 807 g/mol. The van der Waals surface area contributed by atoms with Crippen molar-refractivity contribution < 1.29 is 28.6 Å². The van der Waals surface area contributed by atoms with Gasteiger partial charge in [0.2, 0.25) is 0 Å². The highest BCUT2D eigenvalue weighted by Gasteiger charge is 2.19. The van der Waals surface area contributed by atoms with Crippen molar-refractivity contribution in [1.82, 2.24) is 0 Å². The van der Waals surface area contributed by atoms with Crippen LogP contribution in [0, 0.1) is 0 Å². The molecule has 6 heteroatoms. The van der Waals surface area contributed by atoms with E-state index >= 15 is 0 Å². The van der Waals surface area contributed by atoms with Gasteiger partial charge >= 0.3 is 17.9 Å². The Morgan fingerprint density at radius 2 is 0.474 bits per heavy atom. The van der Waals surface area contributed by atoms with Crippen molar-refractivity contribution in [1.29, 1.82) is 0 Å². The van der Waals surface area contributed by atoms with Crippen LogP contribution in [-0.2, 0) is 28.6 Å². The quantitative estimate of drug-likeness (QED) is 0.0346. The van der Waals surface area contributed by atoms with Crippen LogP contribution in [0.3, 0.4) is 0 Å². The van der Waals surface area contributed by atoms with E-state index in [4.69, 9.17) is 14.2 Å². The van der Waals surface area contributed by atoms with Gasteiger partial charge in [0, 0.05) is 19.3 Å². The van der Waals surface area contributed by atoms with Crippen LogP contribution < -0.4 is 0 Å². The van der Waals surface area contributed by atoms with Gasteiger partial charge in [-0.25, -0.2) is 0 Å². The average Bonchev–Trinajstić information content (AvgIpc) is 3.21. The largest absolute Gasteiger partial charge is 0.462 e. The standard InChI is InChI=1S/C51H98O6/c1-4-7-10-13-16-18-20-22-24-25-26-27-29-31-33-36-39-42-45-51(54)57-48(46-55-49(52)43-40-37-34-15-12-9-6-3)47-56-50(53)44-41-38-35-32-30-28-23-21-19-17-14-11-8-5-2/h48H,4-47H2,1-3H3/t48-/m0/s1. The molecule has 0 aromatic heterocycles. The van der Waals surface area contributed by atoms with E-state index in [1.165, 1.54) is 193 Å². The first-order valence-electron chi connectivity index (χ1n) is 25.5. The molecule has 0 fully saturated rings. The first kappa shape index (κ1) is 55.4. The second kappa shape index (κ2) is 47.1. The van der Waals surface area contributed by atoms with Crippen LogP contribution in [-0.4, -0.2) is 37.2 Å². The van der Waals surface area contributed by atoms with Crippen LogP contribution in [0.25, 0.3) is 0 Å². The lowest BCUT2D eigenvalue weighted by atomic mass is 10.0. The number of unbranched alkanes of at least 4 members (excludes halogenated alkanes) is 36. The SMILES string of the molecule is CCCCCCCCCCCCCCCCCCCCC(=O)O[C@@H](COC(=O)CCCCCCCCC)COC(=O)CCCCCCCCCCCCCCCC. The molecule has 0 aliphatic rings. The molecule has 0 radical (unpaired) electrons. The molecule has 0 N–H and O–H groups in total. The zero-order valence-electron chi connectivity index (χ0n) is 38.6. The molecule has 0 heterocycles. The zero-order valence-corrected chi connectivity index (χ0v) is 38.6. The molecule has 0 aromatic rings. The molecular weight excluding hydrogens is 709 g/mol. The van der Waals surface area contributed by atoms with Crippen LogP contribution in [0.4, 0.5) is 0 Å². The molecule has 6 nitrogen and oxygen atoms in total. The Labute approximate surface area is 355 Å². The molecule has 0 bridgehead atoms. The number of carbonyl (C=O) groups excluding carboxylic acids is 3. The summed E-state index contributed by atoms with van der Waals surface area (Å²) in [5, 5.41) is 0. The molecule has 57 heavy (non-hydrogen) atoms. The number of hydrogen-bond acceptors (Lipinski definition) is 6. The number of ether oxygens (including phenoxy) is 3. The van der Waals surface area contributed by atoms with E-state index in [0.29, 0.717) is 19.3 Å². The molecule has 0 spiro atoms. The molecule has 0 aliphatic heterocycles. The predicted octanol–water partition coefficient (Wildman–Crippen LogP) is 16.4. The van der Waals surface area contributed by atoms with E-state index in [0.717, 1.165) is 57.8 Å². The van der Waals surface area contributed by atoms with Gasteiger partial charge in [-0.15, -0.1) is 0 Å². The van der Waals surface area contributed by atoms with Crippen LogP contribution in [0.2, 0.25) is 0 Å². The summed E-state index contributed by atoms with van der Waals surface area (Å²) in [6, 6.07) is 0. The molecule has 0 rings (SSSR count). The molecule has 0 aromatic carbocycles. The summed E-state index contributed by atoms with van der Waals surface area (Å²) in [5.41, 5.74) is 0. The number of esters is 3. The summed E-state index contributed by atoms with van der Waals surface area (Å²) in [7, 11) is 0. The first-order valence-corrected chi connectivity index (χ1v) is 25.5. The van der Waals surface area contributed by atoms with Crippen LogP contribution in [0.5, 0.6) is 0 Å². The number of hydrogen-bond donors (Lipinski definition) is 0. The minimum Gasteiger partial charge on any atom is -0.462 e. The third-order valence-electron chi connectivity index (χ3n) is 11.6. The fourth-order valence-corrected chi connectivity index (χ4v) is 7.74. The first-order chi connectivity index (χ1) is 28.0. The summed E-state index contributed by atoms with van der Waals surface area (Å²) in [4.78, 5) is 37.7. The second-order valence-corrected chi connectivity index (χ2v) is 17.5. The maximum absolute atomic E-state index is 12.7. The number of rotatable bonds is 47. The van der Waals surface area contributed by atoms with Gasteiger partial charge in [0.1, 0.15) is 13.2 Å². The minimum atomic E-state index is -0.758. The van der Waals surface area contributed by atoms with Crippen molar-refractivity contribution >= 4 is 17.9 Å². The molecule has 0 amide bonds. The maximum atomic E-state index is 12.7. The fourth-order valence-electron chi connectivity index (χ4n) is 7.74. The lowest BCUT2D eigenvalue weighted by Crippen LogP contribution is -2.30. The smallest absolute Gasteiger partial charge is 0.306 e. The van der Waals surface area contributed by atoms with E-state index in [1.807, 2.05) is 0 Å². The van der Waals surface area contributed by atoms with Gasteiger partial charge in [0.05, 0.1) is 0 Å². The lowest BCUT2D eigenvalue weighted by Gasteiger charge is -2.18. The van der Waals surface area contributed by atoms with Crippen molar-refractivity contribution in [3.8, 4) is 0 Å². The fraction of sp³-hybridized carbons (Fsp3) is 0.941. The van der Waals surface area contributed by atoms with Crippen molar-refractivity contribution in [3.05, 3.63) is 0 Å². The zero-order chi connectivity index (χ0) is 41.5. The highest BCUT2D eigenvalue weighted by Crippen LogP contribution is 2.17. The Morgan fingerprint density at radius 1 is 0.281 bits per heavy atom. The second-order valence-electron chi connectivity index (χ2n) is 17.5. The lowest BCUT2D eigenvalue weighted by molar-refractivity contribution is -0.167. The van der Waals surface area contributed by atoms with Crippen molar-refractivity contribution in [3.63, 3.8) is 0 Å². The van der Waals surface area contributed by atoms with E-state index in [2.05, 4.69) is 20.8 Å². The number of carbonyl (C=O) groups is 3. The molecular formula is C51H98O6. The molecule has 338 valence electrons. The van der Waals surface area contributed by atoms with E-state index in [9.17, 15) is 14.4 Å². The van der Waals surface area contributed by atoms with E-state index < -0.39 is 6.10 Å². The summed E-state index contributed by atoms with van der Waals surface area (Å²) < 4.78 is 16.7. The molecule has 0 unspecified atom stereocenters. The third kappa shape index (κ3) is 45.3. The molecule has 0 aliphatic carbocycles. The van der Waals surface area contributed by atoms with Gasteiger partial charge in [0.15, 0.2) is 6.10 Å². The Bertz CT molecular complexity index is 844. The minimum absolute atomic E-state index is 0.0625. The van der Waals surface area contributed by atoms with Crippen LogP contribution in [0.1, 0.15) is 290 Å². The van der Waals surface area contributed by atoms with E-state index in [-0.39, 0.29) is 31.1 Å². The van der Waals surface area contributed by atoms with Crippen molar-refractivity contribution in [2.45, 2.75) is 297 Å². The Balaban J connectivity index is 4.19. The topological polar surface area (TPSA) is 78.9 Å². The highest BCUT2D eigenvalue weighted by molar-refractivity contribution is 5.71. The normalized spacial score (nSPS) is 11.8. The van der Waals surface area contributed by atoms with Crippen molar-refractivity contribution in [2.24, 2.45) is 0 Å². The Hall–Kier alpha value is -1.59. The van der Waals surface area contributed by atoms with Gasteiger partial charge in [-0.3, -0.25) is 14.4 Å². The molecule has 0 saturated heterocycles. The third-order valence-corrected chi connectivity index (χ3v) is 11.6. The summed E-state index contributed by atoms with van der Waals surface area (Å²) in [6.45, 7) is 6.64. The Morgan fingerprint density at radius 3 is 0.702 bits per heavy atom. The van der Waals surface area contributed by atoms with Crippen LogP contribution in [0.15, 0.2) is 0 Å².